The molecule has 1 atom stereocenters. The van der Waals surface area contributed by atoms with Crippen LogP contribution in [0.2, 0.25) is 0 Å². The zero-order valence-electron chi connectivity index (χ0n) is 19.1. The van der Waals surface area contributed by atoms with Gasteiger partial charge in [0.25, 0.3) is 0 Å². The topological polar surface area (TPSA) is 0 Å². The van der Waals surface area contributed by atoms with E-state index in [1.807, 2.05) is 23.5 Å². The summed E-state index contributed by atoms with van der Waals surface area (Å²) < 4.78 is 0.183. The first kappa shape index (κ1) is 23.2. The average Bonchev–Trinajstić information content (AvgIpc) is 3.17. The van der Waals surface area contributed by atoms with Crippen molar-refractivity contribution in [2.45, 2.75) is 40.3 Å². The minimum atomic E-state index is -3.06. The SMILES string of the molecule is CC(c1ccc2c(c1)SC(C)(C)S2)P(Br)(c1ccccc1)(c1ccccc1)c1ccccc1. The Hall–Kier alpha value is -1.51. The van der Waals surface area contributed by atoms with Gasteiger partial charge >= 0.3 is 215 Å². The molecule has 168 valence electrons. The molecule has 0 bridgehead atoms. The quantitative estimate of drug-likeness (QED) is 0.228. The third kappa shape index (κ3) is 3.73. The van der Waals surface area contributed by atoms with E-state index in [1.54, 1.807) is 0 Å². The molecule has 33 heavy (non-hydrogen) atoms. The van der Waals surface area contributed by atoms with Gasteiger partial charge in [0.15, 0.2) is 0 Å². The molecule has 0 nitrogen and oxygen atoms in total. The molecule has 5 rings (SSSR count). The van der Waals surface area contributed by atoms with Crippen LogP contribution in [0.15, 0.2) is 119 Å². The molecule has 0 N–H and O–H groups in total. The van der Waals surface area contributed by atoms with E-state index in [2.05, 4.69) is 145 Å². The van der Waals surface area contributed by atoms with Crippen molar-refractivity contribution in [1.29, 1.82) is 0 Å². The van der Waals surface area contributed by atoms with Crippen LogP contribution in [-0.2, 0) is 0 Å². The molecule has 1 unspecified atom stereocenters. The van der Waals surface area contributed by atoms with E-state index in [-0.39, 0.29) is 9.74 Å². The van der Waals surface area contributed by atoms with Gasteiger partial charge in [0.05, 0.1) is 0 Å². The van der Waals surface area contributed by atoms with Crippen LogP contribution in [0.5, 0.6) is 0 Å². The van der Waals surface area contributed by atoms with Crippen LogP contribution in [0.25, 0.3) is 0 Å². The maximum absolute atomic E-state index is 4.64. The van der Waals surface area contributed by atoms with E-state index in [0.717, 1.165) is 0 Å². The molecule has 0 saturated carbocycles. The number of rotatable bonds is 5. The molecule has 4 aromatic carbocycles. The summed E-state index contributed by atoms with van der Waals surface area (Å²) in [5.41, 5.74) is 1.62. The van der Waals surface area contributed by atoms with Gasteiger partial charge in [-0.05, 0) is 0 Å². The summed E-state index contributed by atoms with van der Waals surface area (Å²) in [4.78, 5) is 2.80. The summed E-state index contributed by atoms with van der Waals surface area (Å²) in [6, 6.07) is 40.4. The Labute approximate surface area is 214 Å². The summed E-state index contributed by atoms with van der Waals surface area (Å²) in [7, 11) is 0. The second-order valence-corrected chi connectivity index (χ2v) is 21.5. The molecule has 1 aliphatic rings. The van der Waals surface area contributed by atoms with Crippen LogP contribution >= 0.6 is 44.3 Å². The molecule has 4 heteroatoms. The van der Waals surface area contributed by atoms with Crippen LogP contribution in [-0.4, -0.2) is 4.08 Å². The molecular formula is C29H28BrPS2. The Morgan fingerprint density at radius 3 is 1.52 bits per heavy atom. The fraction of sp³-hybridized carbons (Fsp3) is 0.172. The zero-order chi connectivity index (χ0) is 23.1. The Morgan fingerprint density at radius 1 is 0.636 bits per heavy atom. The van der Waals surface area contributed by atoms with E-state index < -0.39 is 5.31 Å². The molecule has 1 aliphatic heterocycles. The van der Waals surface area contributed by atoms with Crippen LogP contribution in [0.1, 0.15) is 32.0 Å². The summed E-state index contributed by atoms with van der Waals surface area (Å²) >= 11 is 8.60. The molecule has 0 aliphatic carbocycles. The van der Waals surface area contributed by atoms with Crippen molar-refractivity contribution < 1.29 is 0 Å². The van der Waals surface area contributed by atoms with E-state index >= 15 is 0 Å². The molecule has 0 spiro atoms. The Kier molecular flexibility index (Phi) is 6.07. The molecule has 4 aromatic rings. The molecule has 0 aromatic heterocycles. The first-order chi connectivity index (χ1) is 15.8. The van der Waals surface area contributed by atoms with Gasteiger partial charge in [-0.15, -0.1) is 0 Å². The van der Waals surface area contributed by atoms with Crippen molar-refractivity contribution in [3.63, 3.8) is 0 Å². The van der Waals surface area contributed by atoms with Crippen molar-refractivity contribution >= 4 is 60.2 Å². The standard InChI is InChI=1S/C29H28BrPS2/c1-22(23-19-20-27-28(21-23)33-29(2,3)32-27)31(30,24-13-7-4-8-14-24,25-15-9-5-10-16-25)26-17-11-6-12-18-26/h4-22H,1-3H3. The maximum atomic E-state index is 4.64. The van der Waals surface area contributed by atoms with E-state index in [9.17, 15) is 0 Å². The van der Waals surface area contributed by atoms with Crippen LogP contribution < -0.4 is 15.9 Å². The normalized spacial score (nSPS) is 17.0. The van der Waals surface area contributed by atoms with Gasteiger partial charge < -0.3 is 0 Å². The second-order valence-electron chi connectivity index (χ2n) is 9.07. The van der Waals surface area contributed by atoms with Crippen LogP contribution in [0.3, 0.4) is 0 Å². The first-order valence-corrected chi connectivity index (χ1v) is 17.2. The van der Waals surface area contributed by atoms with Gasteiger partial charge in [0.1, 0.15) is 0 Å². The van der Waals surface area contributed by atoms with Crippen LogP contribution in [0, 0.1) is 0 Å². The average molecular weight is 552 g/mol. The van der Waals surface area contributed by atoms with Gasteiger partial charge in [0.2, 0.25) is 0 Å². The molecule has 0 saturated heterocycles. The van der Waals surface area contributed by atoms with E-state index in [1.165, 1.54) is 31.3 Å². The summed E-state index contributed by atoms with van der Waals surface area (Å²) in [5.74, 6) is 0. The molecule has 1 heterocycles. The van der Waals surface area contributed by atoms with E-state index in [0.29, 0.717) is 0 Å². The van der Waals surface area contributed by atoms with Gasteiger partial charge in [0, 0.05) is 0 Å². The van der Waals surface area contributed by atoms with Gasteiger partial charge in [-0.25, -0.2) is 0 Å². The second kappa shape index (κ2) is 8.61. The Morgan fingerprint density at radius 2 is 1.06 bits per heavy atom. The first-order valence-electron chi connectivity index (χ1n) is 11.3. The zero-order valence-corrected chi connectivity index (χ0v) is 23.2. The number of benzene rings is 4. The fourth-order valence-electron chi connectivity index (χ4n) is 5.06. The van der Waals surface area contributed by atoms with Crippen LogP contribution in [0.4, 0.5) is 0 Å². The predicted octanol–water partition coefficient (Wildman–Crippen LogP) is 8.52. The Bertz CT molecular complexity index is 1170. The summed E-state index contributed by atoms with van der Waals surface area (Å²) in [6.07, 6.45) is 0. The van der Waals surface area contributed by atoms with E-state index in [4.69, 9.17) is 0 Å². The summed E-state index contributed by atoms with van der Waals surface area (Å²) in [6.45, 7) is 7.04. The van der Waals surface area contributed by atoms with Crippen molar-refractivity contribution in [2.75, 3.05) is 0 Å². The van der Waals surface area contributed by atoms with Crippen molar-refractivity contribution in [3.05, 3.63) is 115 Å². The number of hydrogen-bond acceptors (Lipinski definition) is 2. The van der Waals surface area contributed by atoms with Crippen molar-refractivity contribution in [1.82, 2.24) is 0 Å². The van der Waals surface area contributed by atoms with Gasteiger partial charge in [-0.1, -0.05) is 0 Å². The third-order valence-corrected chi connectivity index (χ3v) is 20.6. The molecular weight excluding hydrogens is 523 g/mol. The van der Waals surface area contributed by atoms with Crippen molar-refractivity contribution in [3.8, 4) is 0 Å². The Balaban J connectivity index is 1.82. The van der Waals surface area contributed by atoms with Gasteiger partial charge in [-0.3, -0.25) is 0 Å². The number of hydrogen-bond donors (Lipinski definition) is 0. The van der Waals surface area contributed by atoms with Crippen molar-refractivity contribution in [2.24, 2.45) is 0 Å². The number of thioether (sulfide) groups is 2. The van der Waals surface area contributed by atoms with Gasteiger partial charge in [-0.2, -0.15) is 0 Å². The fourth-order valence-corrected chi connectivity index (χ4v) is 15.8. The predicted molar refractivity (Wildman–Crippen MR) is 155 cm³/mol. The summed E-state index contributed by atoms with van der Waals surface area (Å²) in [5, 5.41) is 1.01. The third-order valence-electron chi connectivity index (χ3n) is 6.67. The monoisotopic (exact) mass is 550 g/mol. The number of fused-ring (bicyclic) bond motifs is 1. The molecule has 0 amide bonds. The molecule has 0 fully saturated rings. The number of halogens is 1. The minimum absolute atomic E-state index is 0.183. The molecule has 0 radical (unpaired) electrons.